The Kier molecular flexibility index (Phi) is 2.44. The molecule has 0 saturated carbocycles. The van der Waals surface area contributed by atoms with Crippen LogP contribution in [0.5, 0.6) is 0 Å². The van der Waals surface area contributed by atoms with Crippen LogP contribution in [-0.2, 0) is 6.42 Å². The molecule has 16 heavy (non-hydrogen) atoms. The van der Waals surface area contributed by atoms with Crippen molar-refractivity contribution in [2.45, 2.75) is 19.8 Å². The summed E-state index contributed by atoms with van der Waals surface area (Å²) in [6, 6.07) is 8.55. The van der Waals surface area contributed by atoms with Crippen molar-refractivity contribution in [2.75, 3.05) is 13.1 Å². The van der Waals surface area contributed by atoms with E-state index in [0.717, 1.165) is 23.8 Å². The zero-order valence-corrected chi connectivity index (χ0v) is 9.62. The van der Waals surface area contributed by atoms with Gasteiger partial charge in [0.1, 0.15) is 11.3 Å². The number of aryl methyl sites for hydroxylation is 1. The summed E-state index contributed by atoms with van der Waals surface area (Å²) in [7, 11) is 0. The molecule has 1 aliphatic heterocycles. The van der Waals surface area contributed by atoms with E-state index in [2.05, 4.69) is 29.6 Å². The van der Waals surface area contributed by atoms with Crippen molar-refractivity contribution in [2.24, 2.45) is 5.92 Å². The van der Waals surface area contributed by atoms with E-state index < -0.39 is 0 Å². The Balaban J connectivity index is 1.95. The molecule has 1 atom stereocenters. The van der Waals surface area contributed by atoms with Crippen LogP contribution < -0.4 is 5.32 Å². The van der Waals surface area contributed by atoms with E-state index in [1.54, 1.807) is 0 Å². The molecule has 1 N–H and O–H groups in total. The van der Waals surface area contributed by atoms with Gasteiger partial charge in [-0.2, -0.15) is 0 Å². The third kappa shape index (κ3) is 1.74. The first-order chi connectivity index (χ1) is 7.83. The predicted octanol–water partition coefficient (Wildman–Crippen LogP) is 2.89. The van der Waals surface area contributed by atoms with Gasteiger partial charge in [0.15, 0.2) is 0 Å². The Morgan fingerprint density at radius 1 is 1.44 bits per heavy atom. The lowest BCUT2D eigenvalue weighted by molar-refractivity contribution is 0.575. The number of fused-ring (bicyclic) bond motifs is 1. The summed E-state index contributed by atoms with van der Waals surface area (Å²) in [6.45, 7) is 4.35. The topological polar surface area (TPSA) is 25.2 Å². The highest BCUT2D eigenvalue weighted by molar-refractivity contribution is 5.81. The maximum absolute atomic E-state index is 5.66. The summed E-state index contributed by atoms with van der Waals surface area (Å²) in [5, 5.41) is 4.72. The predicted molar refractivity (Wildman–Crippen MR) is 65.6 cm³/mol. The second-order valence-electron chi connectivity index (χ2n) is 4.75. The number of nitrogens with one attached hydrogen (secondary N) is 1. The lowest BCUT2D eigenvalue weighted by atomic mass is 9.96. The maximum Gasteiger partial charge on any atom is 0.134 e. The third-order valence-electron chi connectivity index (χ3n) is 3.45. The second-order valence-corrected chi connectivity index (χ2v) is 4.75. The fraction of sp³-hybridized carbons (Fsp3) is 0.429. The molecule has 0 radical (unpaired) electrons. The van der Waals surface area contributed by atoms with Crippen molar-refractivity contribution in [1.29, 1.82) is 0 Å². The molecule has 2 aromatic rings. The lowest BCUT2D eigenvalue weighted by Gasteiger charge is -2.08. The molecule has 84 valence electrons. The van der Waals surface area contributed by atoms with Crippen LogP contribution >= 0.6 is 0 Å². The molecule has 1 aliphatic rings. The van der Waals surface area contributed by atoms with Gasteiger partial charge < -0.3 is 9.73 Å². The highest BCUT2D eigenvalue weighted by Gasteiger charge is 2.16. The Hall–Kier alpha value is -1.28. The van der Waals surface area contributed by atoms with Gasteiger partial charge in [-0.25, -0.2) is 0 Å². The maximum atomic E-state index is 5.66. The number of hydrogen-bond acceptors (Lipinski definition) is 2. The van der Waals surface area contributed by atoms with Gasteiger partial charge in [-0.1, -0.05) is 12.1 Å². The Labute approximate surface area is 95.6 Å². The summed E-state index contributed by atoms with van der Waals surface area (Å²) in [6.07, 6.45) is 2.47. The van der Waals surface area contributed by atoms with Gasteiger partial charge in [0.05, 0.1) is 0 Å². The van der Waals surface area contributed by atoms with Crippen molar-refractivity contribution in [3.63, 3.8) is 0 Å². The monoisotopic (exact) mass is 215 g/mol. The van der Waals surface area contributed by atoms with Gasteiger partial charge in [-0.3, -0.25) is 0 Å². The minimum Gasteiger partial charge on any atom is -0.461 e. The summed E-state index contributed by atoms with van der Waals surface area (Å²) in [5.41, 5.74) is 2.46. The first-order valence-electron chi connectivity index (χ1n) is 6.02. The standard InChI is InChI=1S/C14H17NO/c1-10-7-13-12(3-2-4-14(13)16-10)8-11-5-6-15-9-11/h2-4,7,11,15H,5-6,8-9H2,1H3. The molecule has 1 aromatic carbocycles. The van der Waals surface area contributed by atoms with Crippen LogP contribution in [-0.4, -0.2) is 13.1 Å². The lowest BCUT2D eigenvalue weighted by Crippen LogP contribution is -2.10. The second kappa shape index (κ2) is 3.95. The van der Waals surface area contributed by atoms with Crippen LogP contribution in [0.2, 0.25) is 0 Å². The van der Waals surface area contributed by atoms with E-state index >= 15 is 0 Å². The van der Waals surface area contributed by atoms with Crippen molar-refractivity contribution in [1.82, 2.24) is 5.32 Å². The highest BCUT2D eigenvalue weighted by Crippen LogP contribution is 2.26. The molecule has 2 heterocycles. The molecule has 0 amide bonds. The molecule has 0 aliphatic carbocycles. The smallest absolute Gasteiger partial charge is 0.134 e. The van der Waals surface area contributed by atoms with Gasteiger partial charge in [0, 0.05) is 5.39 Å². The van der Waals surface area contributed by atoms with Crippen molar-refractivity contribution >= 4 is 11.0 Å². The average molecular weight is 215 g/mol. The van der Waals surface area contributed by atoms with E-state index in [1.165, 1.54) is 30.3 Å². The largest absolute Gasteiger partial charge is 0.461 e. The van der Waals surface area contributed by atoms with E-state index in [-0.39, 0.29) is 0 Å². The van der Waals surface area contributed by atoms with Crippen LogP contribution in [0.25, 0.3) is 11.0 Å². The number of hydrogen-bond donors (Lipinski definition) is 1. The van der Waals surface area contributed by atoms with Gasteiger partial charge in [-0.05, 0) is 56.5 Å². The number of furan rings is 1. The SMILES string of the molecule is Cc1cc2c(CC3CCNC3)cccc2o1. The molecule has 1 fully saturated rings. The van der Waals surface area contributed by atoms with E-state index in [4.69, 9.17) is 4.42 Å². The fourth-order valence-corrected chi connectivity index (χ4v) is 2.63. The molecule has 3 rings (SSSR count). The van der Waals surface area contributed by atoms with Gasteiger partial charge in [0.25, 0.3) is 0 Å². The van der Waals surface area contributed by atoms with Crippen LogP contribution in [0.4, 0.5) is 0 Å². The van der Waals surface area contributed by atoms with E-state index in [0.29, 0.717) is 0 Å². The summed E-state index contributed by atoms with van der Waals surface area (Å²) >= 11 is 0. The quantitative estimate of drug-likeness (QED) is 0.833. The molecule has 2 nitrogen and oxygen atoms in total. The summed E-state index contributed by atoms with van der Waals surface area (Å²) < 4.78 is 5.66. The molecule has 1 aromatic heterocycles. The first kappa shape index (κ1) is 9.91. The van der Waals surface area contributed by atoms with E-state index in [1.807, 2.05) is 6.92 Å². The molecular formula is C14H17NO. The van der Waals surface area contributed by atoms with E-state index in [9.17, 15) is 0 Å². The highest BCUT2D eigenvalue weighted by atomic mass is 16.3. The Morgan fingerprint density at radius 2 is 2.38 bits per heavy atom. The molecule has 0 bridgehead atoms. The molecule has 2 heteroatoms. The third-order valence-corrected chi connectivity index (χ3v) is 3.45. The molecule has 1 unspecified atom stereocenters. The fourth-order valence-electron chi connectivity index (χ4n) is 2.63. The number of benzene rings is 1. The Bertz CT molecular complexity index is 494. The average Bonchev–Trinajstić information content (AvgIpc) is 2.86. The zero-order valence-electron chi connectivity index (χ0n) is 9.62. The minimum absolute atomic E-state index is 0.792. The van der Waals surface area contributed by atoms with Crippen molar-refractivity contribution in [3.8, 4) is 0 Å². The van der Waals surface area contributed by atoms with Crippen molar-refractivity contribution < 1.29 is 4.42 Å². The van der Waals surface area contributed by atoms with Crippen molar-refractivity contribution in [3.05, 3.63) is 35.6 Å². The summed E-state index contributed by atoms with van der Waals surface area (Å²) in [4.78, 5) is 0. The summed E-state index contributed by atoms with van der Waals surface area (Å²) in [5.74, 6) is 1.80. The number of rotatable bonds is 2. The first-order valence-corrected chi connectivity index (χ1v) is 6.02. The molecular weight excluding hydrogens is 198 g/mol. The molecule has 1 saturated heterocycles. The minimum atomic E-state index is 0.792. The van der Waals surface area contributed by atoms with Crippen LogP contribution in [0.1, 0.15) is 17.7 Å². The van der Waals surface area contributed by atoms with Gasteiger partial charge in [0.2, 0.25) is 0 Å². The normalized spacial score (nSPS) is 20.7. The Morgan fingerprint density at radius 3 is 3.19 bits per heavy atom. The van der Waals surface area contributed by atoms with Gasteiger partial charge >= 0.3 is 0 Å². The zero-order chi connectivity index (χ0) is 11.0. The van der Waals surface area contributed by atoms with Gasteiger partial charge in [-0.15, -0.1) is 0 Å². The molecule has 0 spiro atoms. The van der Waals surface area contributed by atoms with Crippen LogP contribution in [0, 0.1) is 12.8 Å². The van der Waals surface area contributed by atoms with Crippen LogP contribution in [0.15, 0.2) is 28.7 Å². The van der Waals surface area contributed by atoms with Crippen LogP contribution in [0.3, 0.4) is 0 Å².